The Hall–Kier alpha value is -1.51. The molecule has 0 amide bonds. The maximum Gasteiger partial charge on any atom is 0.207 e. The Kier molecular flexibility index (Phi) is 5.95. The molecule has 1 aliphatic heterocycles. The first-order valence-electron chi connectivity index (χ1n) is 7.27. The summed E-state index contributed by atoms with van der Waals surface area (Å²) in [6, 6.07) is 13.1. The average Bonchev–Trinajstić information content (AvgIpc) is 2.53. The molecule has 3 N–H and O–H groups in total. The molecule has 0 aliphatic carbocycles. The van der Waals surface area contributed by atoms with Gasteiger partial charge in [-0.3, -0.25) is 9.11 Å². The lowest BCUT2D eigenvalue weighted by atomic mass is 10.2. The molecule has 8 heteroatoms. The number of ether oxygens (including phenoxy) is 1. The van der Waals surface area contributed by atoms with Crippen LogP contribution in [0.3, 0.4) is 0 Å². The van der Waals surface area contributed by atoms with Crippen molar-refractivity contribution in [3.05, 3.63) is 54.3 Å². The van der Waals surface area contributed by atoms with Crippen LogP contribution in [0.25, 0.3) is 0 Å². The van der Waals surface area contributed by atoms with Crippen LogP contribution in [0.15, 0.2) is 48.5 Å². The molecule has 2 aromatic rings. The van der Waals surface area contributed by atoms with E-state index < -0.39 is 22.0 Å². The van der Waals surface area contributed by atoms with E-state index in [0.29, 0.717) is 30.1 Å². The molecule has 1 heterocycles. The van der Waals surface area contributed by atoms with Crippen molar-refractivity contribution in [1.82, 2.24) is 5.32 Å². The second-order valence-corrected chi connectivity index (χ2v) is 7.26. The summed E-state index contributed by atoms with van der Waals surface area (Å²) >= 11 is 0. The van der Waals surface area contributed by atoms with Gasteiger partial charge < -0.3 is 10.1 Å². The topological polar surface area (TPSA) is 65.0 Å². The maximum absolute atomic E-state index is 13.6. The van der Waals surface area contributed by atoms with Crippen molar-refractivity contribution in [2.24, 2.45) is 0 Å². The number of rotatable bonds is 4. The number of anilines is 2. The molecule has 5 nitrogen and oxygen atoms in total. The molecule has 1 atom stereocenters. The summed E-state index contributed by atoms with van der Waals surface area (Å²) < 4.78 is 42.3. The summed E-state index contributed by atoms with van der Waals surface area (Å²) in [5.74, 6) is -0.122. The Morgan fingerprint density at radius 2 is 1.92 bits per heavy atom. The second-order valence-electron chi connectivity index (χ2n) is 5.24. The van der Waals surface area contributed by atoms with Gasteiger partial charge in [0.1, 0.15) is 11.5 Å². The summed E-state index contributed by atoms with van der Waals surface area (Å²) in [6.07, 6.45) is 0.387. The Bertz CT molecular complexity index is 690. The highest BCUT2D eigenvalue weighted by Crippen LogP contribution is 2.61. The smallest absolute Gasteiger partial charge is 0.207 e. The summed E-state index contributed by atoms with van der Waals surface area (Å²) in [7, 11) is -1.49. The fraction of sp³-hybridized carbons (Fsp3) is 0.250. The standard InChI is InChI=1S/C16H19FN2O3S.ClH/c1-18-10-9-16-22-15-11-12(17)7-8-14(15)19(23(16,20)21)13-5-3-2-4-6-13;/h2-8,11,16,18,20-21H,9-10H2,1H3;1H. The average molecular weight is 375 g/mol. The first kappa shape index (κ1) is 18.8. The largest absolute Gasteiger partial charge is 0.466 e. The van der Waals surface area contributed by atoms with E-state index in [1.165, 1.54) is 22.5 Å². The minimum absolute atomic E-state index is 0. The number of fused-ring (bicyclic) bond motifs is 1. The molecule has 0 saturated heterocycles. The van der Waals surface area contributed by atoms with E-state index in [1.54, 1.807) is 19.2 Å². The molecule has 0 radical (unpaired) electrons. The molecule has 0 saturated carbocycles. The van der Waals surface area contributed by atoms with Gasteiger partial charge in [-0.05, 0) is 31.3 Å². The minimum Gasteiger partial charge on any atom is -0.466 e. The van der Waals surface area contributed by atoms with Gasteiger partial charge in [-0.25, -0.2) is 8.70 Å². The van der Waals surface area contributed by atoms with Gasteiger partial charge in [-0.1, -0.05) is 29.0 Å². The lowest BCUT2D eigenvalue weighted by Gasteiger charge is -2.51. The second kappa shape index (κ2) is 7.58. The van der Waals surface area contributed by atoms with Gasteiger partial charge in [0.05, 0.1) is 5.69 Å². The zero-order valence-electron chi connectivity index (χ0n) is 13.1. The molecule has 1 aliphatic rings. The van der Waals surface area contributed by atoms with Crippen molar-refractivity contribution < 1.29 is 18.2 Å². The van der Waals surface area contributed by atoms with Crippen LogP contribution in [0.2, 0.25) is 0 Å². The van der Waals surface area contributed by atoms with Crippen LogP contribution in [0.1, 0.15) is 6.42 Å². The van der Waals surface area contributed by atoms with Crippen molar-refractivity contribution in [2.45, 2.75) is 11.9 Å². The van der Waals surface area contributed by atoms with Crippen LogP contribution in [0.4, 0.5) is 15.8 Å². The monoisotopic (exact) mass is 374 g/mol. The lowest BCUT2D eigenvalue weighted by Crippen LogP contribution is -2.40. The van der Waals surface area contributed by atoms with Crippen LogP contribution in [-0.2, 0) is 0 Å². The molecule has 3 rings (SSSR count). The molecule has 0 fully saturated rings. The predicted molar refractivity (Wildman–Crippen MR) is 98.0 cm³/mol. The van der Waals surface area contributed by atoms with Gasteiger partial charge in [-0.2, -0.15) is 0 Å². The van der Waals surface area contributed by atoms with Gasteiger partial charge in [0.2, 0.25) is 5.44 Å². The number of para-hydroxylation sites is 1. The molecule has 0 spiro atoms. The van der Waals surface area contributed by atoms with Crippen LogP contribution < -0.4 is 14.4 Å². The quantitative estimate of drug-likeness (QED) is 0.741. The molecular weight excluding hydrogens is 355 g/mol. The van der Waals surface area contributed by atoms with Gasteiger partial charge in [0.15, 0.2) is 5.75 Å². The first-order valence-corrected chi connectivity index (χ1v) is 8.84. The van der Waals surface area contributed by atoms with Gasteiger partial charge in [0, 0.05) is 19.0 Å². The van der Waals surface area contributed by atoms with Crippen LogP contribution >= 0.6 is 23.2 Å². The van der Waals surface area contributed by atoms with E-state index in [0.717, 1.165) is 0 Å². The normalized spacial score (nSPS) is 19.7. The lowest BCUT2D eigenvalue weighted by molar-refractivity contribution is 0.237. The number of nitrogens with one attached hydrogen (secondary N) is 1. The number of nitrogens with zero attached hydrogens (tertiary/aromatic N) is 1. The van der Waals surface area contributed by atoms with Gasteiger partial charge >= 0.3 is 0 Å². The number of hydrogen-bond donors (Lipinski definition) is 3. The summed E-state index contributed by atoms with van der Waals surface area (Å²) in [4.78, 5) is 0. The number of benzene rings is 2. The van der Waals surface area contributed by atoms with Crippen LogP contribution in [0.5, 0.6) is 5.75 Å². The minimum atomic E-state index is -3.27. The first-order chi connectivity index (χ1) is 11.0. The highest BCUT2D eigenvalue weighted by atomic mass is 35.5. The summed E-state index contributed by atoms with van der Waals surface area (Å²) in [5.41, 5.74) is 0.223. The van der Waals surface area contributed by atoms with E-state index in [4.69, 9.17) is 4.74 Å². The van der Waals surface area contributed by atoms with E-state index in [2.05, 4.69) is 5.32 Å². The highest BCUT2D eigenvalue weighted by molar-refractivity contribution is 8.26. The van der Waals surface area contributed by atoms with Crippen molar-refractivity contribution in [1.29, 1.82) is 0 Å². The van der Waals surface area contributed by atoms with Crippen molar-refractivity contribution >= 4 is 34.6 Å². The molecule has 24 heavy (non-hydrogen) atoms. The fourth-order valence-corrected chi connectivity index (χ4v) is 4.33. The molecule has 0 aromatic heterocycles. The summed E-state index contributed by atoms with van der Waals surface area (Å²) in [5, 5.41) is 2.96. The zero-order chi connectivity index (χ0) is 16.4. The SMILES string of the molecule is CNCCC1Oc2cc(F)ccc2N(c2ccccc2)S1(O)O.Cl. The molecule has 0 bridgehead atoms. The van der Waals surface area contributed by atoms with Crippen LogP contribution in [-0.4, -0.2) is 28.1 Å². The predicted octanol–water partition coefficient (Wildman–Crippen LogP) is 4.38. The van der Waals surface area contributed by atoms with Crippen molar-refractivity contribution in [3.63, 3.8) is 0 Å². The Morgan fingerprint density at radius 1 is 1.21 bits per heavy atom. The van der Waals surface area contributed by atoms with E-state index in [9.17, 15) is 13.5 Å². The Balaban J connectivity index is 0.00000208. The molecule has 132 valence electrons. The molecule has 1 unspecified atom stereocenters. The summed E-state index contributed by atoms with van der Waals surface area (Å²) in [6.45, 7) is 0.549. The van der Waals surface area contributed by atoms with Crippen molar-refractivity contribution in [2.75, 3.05) is 17.9 Å². The van der Waals surface area contributed by atoms with E-state index >= 15 is 0 Å². The van der Waals surface area contributed by atoms with E-state index in [-0.39, 0.29) is 12.4 Å². The third-order valence-corrected chi connectivity index (χ3v) is 5.62. The van der Waals surface area contributed by atoms with Crippen LogP contribution in [0, 0.1) is 5.82 Å². The molecular formula is C16H20ClFN2O3S. The third-order valence-electron chi connectivity index (χ3n) is 3.64. The number of hydrogen-bond acceptors (Lipinski definition) is 5. The van der Waals surface area contributed by atoms with E-state index in [1.807, 2.05) is 18.2 Å². The third kappa shape index (κ3) is 3.45. The van der Waals surface area contributed by atoms with Crippen molar-refractivity contribution in [3.8, 4) is 5.75 Å². The Morgan fingerprint density at radius 3 is 2.58 bits per heavy atom. The van der Waals surface area contributed by atoms with Gasteiger partial charge in [-0.15, -0.1) is 12.4 Å². The Labute approximate surface area is 148 Å². The zero-order valence-corrected chi connectivity index (χ0v) is 14.7. The fourth-order valence-electron chi connectivity index (χ4n) is 2.56. The van der Waals surface area contributed by atoms with Gasteiger partial charge in [0.25, 0.3) is 0 Å². The number of halogens is 2. The highest BCUT2D eigenvalue weighted by Gasteiger charge is 2.41. The molecule has 2 aromatic carbocycles. The maximum atomic E-state index is 13.6.